The number of benzene rings is 3. The second-order valence-corrected chi connectivity index (χ2v) is 8.91. The summed E-state index contributed by atoms with van der Waals surface area (Å²) in [5.74, 6) is 0.708. The lowest BCUT2D eigenvalue weighted by molar-refractivity contribution is 0.108. The van der Waals surface area contributed by atoms with Crippen LogP contribution in [0, 0.1) is 0 Å². The number of aromatic nitrogens is 3. The van der Waals surface area contributed by atoms with Crippen molar-refractivity contribution in [2.45, 2.75) is 19.1 Å². The summed E-state index contributed by atoms with van der Waals surface area (Å²) in [5.41, 5.74) is 5.92. The third-order valence-corrected chi connectivity index (χ3v) is 6.59. The molecule has 0 spiro atoms. The molecule has 7 nitrogen and oxygen atoms in total. The van der Waals surface area contributed by atoms with Crippen molar-refractivity contribution in [1.29, 1.82) is 0 Å². The van der Waals surface area contributed by atoms with Gasteiger partial charge in [0.05, 0.1) is 11.0 Å². The molecule has 5 aromatic rings. The monoisotopic (exact) mass is 470 g/mol. The quantitative estimate of drug-likeness (QED) is 0.286. The summed E-state index contributed by atoms with van der Waals surface area (Å²) >= 11 is 0. The van der Waals surface area contributed by atoms with Crippen LogP contribution in [0.25, 0.3) is 21.9 Å². The fourth-order valence-corrected chi connectivity index (χ4v) is 4.50. The average Bonchev–Trinajstić information content (AvgIpc) is 3.40. The predicted molar refractivity (Wildman–Crippen MR) is 139 cm³/mol. The normalized spacial score (nSPS) is 12.4. The second-order valence-electron chi connectivity index (χ2n) is 8.91. The molecule has 1 atom stereocenters. The minimum atomic E-state index is -0.791. The zero-order valence-corrected chi connectivity index (χ0v) is 20.0. The number of rotatable bonds is 9. The molecule has 3 N–H and O–H groups in total. The van der Waals surface area contributed by atoms with Crippen LogP contribution in [-0.4, -0.2) is 32.4 Å². The number of nitrogens with zero attached hydrogens (tertiary/aromatic N) is 2. The van der Waals surface area contributed by atoms with E-state index in [-0.39, 0.29) is 12.3 Å². The second kappa shape index (κ2) is 9.82. The van der Waals surface area contributed by atoms with Gasteiger partial charge in [-0.2, -0.15) is 0 Å². The van der Waals surface area contributed by atoms with Gasteiger partial charge in [0.2, 0.25) is 0 Å². The molecule has 3 aromatic carbocycles. The van der Waals surface area contributed by atoms with Crippen molar-refractivity contribution in [3.8, 4) is 5.75 Å². The fourth-order valence-electron chi connectivity index (χ4n) is 4.50. The predicted octanol–water partition coefficient (Wildman–Crippen LogP) is 3.80. The highest BCUT2D eigenvalue weighted by atomic mass is 16.5. The van der Waals surface area contributed by atoms with Crippen molar-refractivity contribution in [1.82, 2.24) is 19.4 Å². The van der Waals surface area contributed by atoms with Crippen molar-refractivity contribution in [3.63, 3.8) is 0 Å². The Balaban J connectivity index is 1.11. The number of fused-ring (bicyclic) bond motifs is 2. The maximum absolute atomic E-state index is 12.1. The molecule has 0 aliphatic carbocycles. The van der Waals surface area contributed by atoms with Crippen LogP contribution in [0.3, 0.4) is 0 Å². The van der Waals surface area contributed by atoms with Crippen molar-refractivity contribution < 1.29 is 9.84 Å². The van der Waals surface area contributed by atoms with Gasteiger partial charge in [-0.05, 0) is 60.0 Å². The molecule has 0 aliphatic heterocycles. The van der Waals surface area contributed by atoms with E-state index in [0.29, 0.717) is 5.75 Å². The Morgan fingerprint density at radius 3 is 2.60 bits per heavy atom. The fraction of sp³-hybridized carbons (Fsp3) is 0.250. The van der Waals surface area contributed by atoms with Crippen molar-refractivity contribution in [2.75, 3.05) is 13.2 Å². The van der Waals surface area contributed by atoms with Crippen LogP contribution in [0.15, 0.2) is 77.7 Å². The van der Waals surface area contributed by atoms with Gasteiger partial charge in [-0.3, -0.25) is 9.13 Å². The van der Waals surface area contributed by atoms with E-state index in [1.165, 1.54) is 22.0 Å². The smallest absolute Gasteiger partial charge is 0.328 e. The Morgan fingerprint density at radius 2 is 1.77 bits per heavy atom. The van der Waals surface area contributed by atoms with Crippen molar-refractivity contribution >= 4 is 21.9 Å². The largest absolute Gasteiger partial charge is 0.491 e. The number of aliphatic hydroxyl groups excluding tert-OH is 1. The molecule has 2 aromatic heterocycles. The van der Waals surface area contributed by atoms with E-state index in [9.17, 15) is 9.90 Å². The van der Waals surface area contributed by atoms with Gasteiger partial charge in [0.15, 0.2) is 0 Å². The van der Waals surface area contributed by atoms with Crippen molar-refractivity contribution in [2.24, 2.45) is 14.1 Å². The first kappa shape index (κ1) is 23.0. The summed E-state index contributed by atoms with van der Waals surface area (Å²) in [6.07, 6.45) is 2.26. The Hall–Kier alpha value is -3.81. The van der Waals surface area contributed by atoms with Crippen LogP contribution >= 0.6 is 0 Å². The first-order valence-corrected chi connectivity index (χ1v) is 11.8. The number of imidazole rings is 1. The molecule has 0 saturated carbocycles. The molecule has 2 heterocycles. The number of H-pyrrole nitrogens is 1. The highest BCUT2D eigenvalue weighted by Gasteiger charge is 2.13. The Labute approximate surface area is 203 Å². The summed E-state index contributed by atoms with van der Waals surface area (Å²) in [4.78, 5) is 15.4. The molecule has 0 amide bonds. The SMILES string of the molecule is Cn1c(=O)n(C)c2cc([C@@H](O)COc3ccc(CNCCc4c[nH]c5ccccc45)cc3)ccc21. The minimum Gasteiger partial charge on any atom is -0.491 e. The van der Waals surface area contributed by atoms with E-state index in [1.54, 1.807) is 23.2 Å². The van der Waals surface area contributed by atoms with E-state index in [0.717, 1.165) is 36.1 Å². The first-order chi connectivity index (χ1) is 17.0. The highest BCUT2D eigenvalue weighted by molar-refractivity contribution is 5.83. The number of para-hydroxylation sites is 1. The average molecular weight is 471 g/mol. The molecule has 0 unspecified atom stereocenters. The first-order valence-electron chi connectivity index (χ1n) is 11.8. The summed E-state index contributed by atoms with van der Waals surface area (Å²) in [5, 5.41) is 15.4. The van der Waals surface area contributed by atoms with Crippen LogP contribution in [0.5, 0.6) is 5.75 Å². The van der Waals surface area contributed by atoms with Crippen molar-refractivity contribution in [3.05, 3.63) is 100 Å². The Morgan fingerprint density at radius 1 is 1.00 bits per heavy atom. The third-order valence-electron chi connectivity index (χ3n) is 6.59. The van der Waals surface area contributed by atoms with Crippen LogP contribution in [0.2, 0.25) is 0 Å². The van der Waals surface area contributed by atoms with Gasteiger partial charge in [-0.15, -0.1) is 0 Å². The molecule has 0 radical (unpaired) electrons. The van der Waals surface area contributed by atoms with Crippen LogP contribution in [0.1, 0.15) is 22.8 Å². The molecule has 0 bridgehead atoms. The lowest BCUT2D eigenvalue weighted by Crippen LogP contribution is -2.19. The van der Waals surface area contributed by atoms with Crippen LogP contribution in [0.4, 0.5) is 0 Å². The van der Waals surface area contributed by atoms with Gasteiger partial charge >= 0.3 is 5.69 Å². The third kappa shape index (κ3) is 4.73. The molecular formula is C28H30N4O3. The zero-order chi connectivity index (χ0) is 24.4. The van der Waals surface area contributed by atoms with E-state index in [4.69, 9.17) is 4.74 Å². The van der Waals surface area contributed by atoms with Crippen LogP contribution < -0.4 is 15.7 Å². The molecule has 7 heteroatoms. The number of nitrogens with one attached hydrogen (secondary N) is 2. The zero-order valence-electron chi connectivity index (χ0n) is 20.0. The number of ether oxygens (including phenoxy) is 1. The van der Waals surface area contributed by atoms with E-state index in [2.05, 4.69) is 34.7 Å². The van der Waals surface area contributed by atoms with Gasteiger partial charge in [0, 0.05) is 37.7 Å². The van der Waals surface area contributed by atoms with E-state index < -0.39 is 6.10 Å². The number of hydrogen-bond acceptors (Lipinski definition) is 4. The number of aliphatic hydroxyl groups is 1. The highest BCUT2D eigenvalue weighted by Crippen LogP contribution is 2.21. The minimum absolute atomic E-state index is 0.0876. The summed E-state index contributed by atoms with van der Waals surface area (Å²) in [7, 11) is 3.48. The van der Waals surface area contributed by atoms with Gasteiger partial charge in [0.25, 0.3) is 0 Å². The molecule has 5 rings (SSSR count). The molecular weight excluding hydrogens is 440 g/mol. The molecule has 35 heavy (non-hydrogen) atoms. The maximum Gasteiger partial charge on any atom is 0.328 e. The van der Waals surface area contributed by atoms with Gasteiger partial charge in [-0.1, -0.05) is 36.4 Å². The summed E-state index contributed by atoms with van der Waals surface area (Å²) in [6, 6.07) is 21.8. The summed E-state index contributed by atoms with van der Waals surface area (Å²) in [6.45, 7) is 1.80. The van der Waals surface area contributed by atoms with Gasteiger partial charge < -0.3 is 20.1 Å². The lowest BCUT2D eigenvalue weighted by Gasteiger charge is -2.14. The number of aromatic amines is 1. The Bertz CT molecular complexity index is 1510. The molecule has 0 fully saturated rings. The van der Waals surface area contributed by atoms with Gasteiger partial charge in [0.1, 0.15) is 18.5 Å². The topological polar surface area (TPSA) is 84.2 Å². The lowest BCUT2D eigenvalue weighted by atomic mass is 10.1. The number of hydrogen-bond donors (Lipinski definition) is 3. The standard InChI is InChI=1S/C28H30N4O3/c1-31-25-12-9-20(15-26(25)32(2)28(31)34)27(33)18-35-22-10-7-19(8-11-22)16-29-14-13-21-17-30-24-6-4-3-5-23(21)24/h3-12,15,17,27,29-30,33H,13-14,16,18H2,1-2H3/t27-/m0/s1. The molecule has 0 saturated heterocycles. The van der Waals surface area contributed by atoms with E-state index >= 15 is 0 Å². The van der Waals surface area contributed by atoms with Gasteiger partial charge in [-0.25, -0.2) is 4.79 Å². The molecule has 180 valence electrons. The maximum atomic E-state index is 12.1. The van der Waals surface area contributed by atoms with E-state index in [1.807, 2.05) is 48.5 Å². The Kier molecular flexibility index (Phi) is 6.44. The summed E-state index contributed by atoms with van der Waals surface area (Å²) < 4.78 is 9.00. The number of aryl methyl sites for hydroxylation is 2. The molecule has 0 aliphatic rings. The van der Waals surface area contributed by atoms with Crippen LogP contribution in [-0.2, 0) is 27.1 Å².